The van der Waals surface area contributed by atoms with Gasteiger partial charge in [-0.15, -0.1) is 0 Å². The number of carbonyl (C=O) groups excluding carboxylic acids is 2. The summed E-state index contributed by atoms with van der Waals surface area (Å²) < 4.78 is 5.50. The predicted molar refractivity (Wildman–Crippen MR) is 126 cm³/mol. The summed E-state index contributed by atoms with van der Waals surface area (Å²) in [5.41, 5.74) is 3.09. The van der Waals surface area contributed by atoms with E-state index in [0.717, 1.165) is 22.2 Å². The van der Waals surface area contributed by atoms with Crippen molar-refractivity contribution in [1.29, 1.82) is 0 Å². The Morgan fingerprint density at radius 1 is 0.939 bits per heavy atom. The highest BCUT2D eigenvalue weighted by Crippen LogP contribution is 2.31. The fourth-order valence-corrected chi connectivity index (χ4v) is 4.35. The summed E-state index contributed by atoms with van der Waals surface area (Å²) in [6.07, 6.45) is 4.71. The van der Waals surface area contributed by atoms with E-state index < -0.39 is 0 Å². The average molecular weight is 441 g/mol. The van der Waals surface area contributed by atoms with Gasteiger partial charge in [-0.3, -0.25) is 9.59 Å². The second-order valence-electron chi connectivity index (χ2n) is 8.13. The number of hydrogen-bond donors (Lipinski definition) is 1. The normalized spacial score (nSPS) is 14.4. The molecule has 7 nitrogen and oxygen atoms in total. The van der Waals surface area contributed by atoms with Gasteiger partial charge in [0.1, 0.15) is 0 Å². The average Bonchev–Trinajstić information content (AvgIpc) is 3.28. The summed E-state index contributed by atoms with van der Waals surface area (Å²) in [7, 11) is 0. The Kier molecular flexibility index (Phi) is 5.85. The van der Waals surface area contributed by atoms with E-state index in [1.54, 1.807) is 18.5 Å². The summed E-state index contributed by atoms with van der Waals surface area (Å²) in [6, 6.07) is 19.2. The molecule has 2 aromatic carbocycles. The first kappa shape index (κ1) is 20.9. The van der Waals surface area contributed by atoms with E-state index in [-0.39, 0.29) is 24.3 Å². The van der Waals surface area contributed by atoms with E-state index in [0.29, 0.717) is 37.4 Å². The molecule has 33 heavy (non-hydrogen) atoms. The molecule has 1 fully saturated rings. The number of aromatic amines is 1. The SMILES string of the molecule is O=C(COC(=O)C1CCN(c2ncccn2)CC1)c1c(-c2ccccc2)[nH]c2ccccc12. The molecular weight excluding hydrogens is 416 g/mol. The van der Waals surface area contributed by atoms with Gasteiger partial charge < -0.3 is 14.6 Å². The molecule has 1 aliphatic heterocycles. The lowest BCUT2D eigenvalue weighted by Crippen LogP contribution is -2.38. The number of carbonyl (C=O) groups is 2. The highest BCUT2D eigenvalue weighted by Gasteiger charge is 2.28. The number of ketones is 1. The molecule has 1 saturated heterocycles. The van der Waals surface area contributed by atoms with Crippen LogP contribution >= 0.6 is 0 Å². The van der Waals surface area contributed by atoms with Crippen LogP contribution in [-0.4, -0.2) is 46.4 Å². The highest BCUT2D eigenvalue weighted by atomic mass is 16.5. The summed E-state index contributed by atoms with van der Waals surface area (Å²) in [4.78, 5) is 39.9. The number of ether oxygens (including phenoxy) is 1. The van der Waals surface area contributed by atoms with Gasteiger partial charge in [0, 0.05) is 36.4 Å². The van der Waals surface area contributed by atoms with E-state index in [4.69, 9.17) is 4.74 Å². The number of anilines is 1. The Morgan fingerprint density at radius 3 is 2.39 bits per heavy atom. The number of Topliss-reactive ketones (excluding diaryl/α,β-unsaturated/α-hetero) is 1. The summed E-state index contributed by atoms with van der Waals surface area (Å²) in [6.45, 7) is 1.08. The van der Waals surface area contributed by atoms with Gasteiger partial charge in [0.05, 0.1) is 17.2 Å². The molecule has 0 amide bonds. The van der Waals surface area contributed by atoms with Crippen LogP contribution in [0.4, 0.5) is 5.95 Å². The van der Waals surface area contributed by atoms with E-state index in [1.165, 1.54) is 0 Å². The number of nitrogens with zero attached hydrogens (tertiary/aromatic N) is 3. The molecule has 0 spiro atoms. The Morgan fingerprint density at radius 2 is 1.64 bits per heavy atom. The van der Waals surface area contributed by atoms with Crippen molar-refractivity contribution >= 4 is 28.6 Å². The van der Waals surface area contributed by atoms with Crippen molar-refractivity contribution in [2.75, 3.05) is 24.6 Å². The monoisotopic (exact) mass is 440 g/mol. The molecule has 5 rings (SSSR count). The predicted octanol–water partition coefficient (Wildman–Crippen LogP) is 4.27. The first-order valence-corrected chi connectivity index (χ1v) is 11.1. The third-order valence-electron chi connectivity index (χ3n) is 6.06. The molecule has 0 radical (unpaired) electrons. The number of aromatic nitrogens is 3. The zero-order valence-corrected chi connectivity index (χ0v) is 18.1. The molecule has 166 valence electrons. The third kappa shape index (κ3) is 4.35. The number of benzene rings is 2. The van der Waals surface area contributed by atoms with Crippen LogP contribution in [0, 0.1) is 5.92 Å². The molecule has 0 bridgehead atoms. The number of piperidine rings is 1. The lowest BCUT2D eigenvalue weighted by molar-refractivity contribution is -0.148. The van der Waals surface area contributed by atoms with Gasteiger partial charge in [-0.1, -0.05) is 48.5 Å². The number of para-hydroxylation sites is 1. The Hall–Kier alpha value is -4.00. The second-order valence-corrected chi connectivity index (χ2v) is 8.13. The zero-order chi connectivity index (χ0) is 22.6. The Bertz CT molecular complexity index is 1260. The lowest BCUT2D eigenvalue weighted by atomic mass is 9.97. The molecule has 0 aliphatic carbocycles. The molecular formula is C26H24N4O3. The number of rotatable bonds is 6. The van der Waals surface area contributed by atoms with Crippen molar-refractivity contribution in [1.82, 2.24) is 15.0 Å². The third-order valence-corrected chi connectivity index (χ3v) is 6.06. The molecule has 1 aliphatic rings. The summed E-state index contributed by atoms with van der Waals surface area (Å²) in [5, 5.41) is 0.827. The van der Waals surface area contributed by atoms with Gasteiger partial charge in [-0.2, -0.15) is 0 Å². The fraction of sp³-hybridized carbons (Fsp3) is 0.231. The minimum atomic E-state index is -0.321. The largest absolute Gasteiger partial charge is 0.457 e. The van der Waals surface area contributed by atoms with Crippen molar-refractivity contribution in [2.45, 2.75) is 12.8 Å². The van der Waals surface area contributed by atoms with Crippen LogP contribution in [0.5, 0.6) is 0 Å². The van der Waals surface area contributed by atoms with Gasteiger partial charge in [0.2, 0.25) is 11.7 Å². The van der Waals surface area contributed by atoms with Crippen LogP contribution < -0.4 is 4.90 Å². The molecule has 3 heterocycles. The van der Waals surface area contributed by atoms with Crippen LogP contribution in [0.3, 0.4) is 0 Å². The van der Waals surface area contributed by atoms with E-state index >= 15 is 0 Å². The second kappa shape index (κ2) is 9.24. The van der Waals surface area contributed by atoms with Gasteiger partial charge in [0.25, 0.3) is 0 Å². The lowest BCUT2D eigenvalue weighted by Gasteiger charge is -2.30. The maximum Gasteiger partial charge on any atom is 0.309 e. The molecule has 0 saturated carbocycles. The molecule has 2 aromatic heterocycles. The van der Waals surface area contributed by atoms with E-state index in [1.807, 2.05) is 54.6 Å². The van der Waals surface area contributed by atoms with Gasteiger partial charge in [-0.05, 0) is 30.5 Å². The first-order chi connectivity index (χ1) is 16.2. The zero-order valence-electron chi connectivity index (χ0n) is 18.1. The summed E-state index contributed by atoms with van der Waals surface area (Å²) >= 11 is 0. The van der Waals surface area contributed by atoms with Gasteiger partial charge in [0.15, 0.2) is 6.61 Å². The number of H-pyrrole nitrogens is 1. The number of hydrogen-bond acceptors (Lipinski definition) is 6. The number of nitrogens with one attached hydrogen (secondary N) is 1. The van der Waals surface area contributed by atoms with Crippen molar-refractivity contribution in [3.63, 3.8) is 0 Å². The highest BCUT2D eigenvalue weighted by molar-refractivity contribution is 6.14. The van der Waals surface area contributed by atoms with Crippen molar-refractivity contribution in [3.8, 4) is 11.3 Å². The molecule has 0 atom stereocenters. The van der Waals surface area contributed by atoms with Crippen LogP contribution in [0.15, 0.2) is 73.1 Å². The fourth-order valence-electron chi connectivity index (χ4n) is 4.35. The van der Waals surface area contributed by atoms with Gasteiger partial charge in [-0.25, -0.2) is 9.97 Å². The quantitative estimate of drug-likeness (QED) is 0.356. The van der Waals surface area contributed by atoms with Gasteiger partial charge >= 0.3 is 5.97 Å². The topological polar surface area (TPSA) is 88.2 Å². The molecule has 0 unspecified atom stereocenters. The number of esters is 1. The van der Waals surface area contributed by atoms with E-state index in [9.17, 15) is 9.59 Å². The van der Waals surface area contributed by atoms with Crippen LogP contribution in [0.2, 0.25) is 0 Å². The van der Waals surface area contributed by atoms with Crippen LogP contribution in [0.25, 0.3) is 22.2 Å². The van der Waals surface area contributed by atoms with Crippen molar-refractivity contribution in [2.24, 2.45) is 5.92 Å². The van der Waals surface area contributed by atoms with Crippen LogP contribution in [-0.2, 0) is 9.53 Å². The van der Waals surface area contributed by atoms with E-state index in [2.05, 4.69) is 19.9 Å². The smallest absolute Gasteiger partial charge is 0.309 e. The van der Waals surface area contributed by atoms with Crippen molar-refractivity contribution < 1.29 is 14.3 Å². The Balaban J connectivity index is 1.27. The van der Waals surface area contributed by atoms with Crippen molar-refractivity contribution in [3.05, 3.63) is 78.6 Å². The minimum absolute atomic E-state index is 0.213. The maximum atomic E-state index is 13.2. The standard InChI is InChI=1S/C26H24N4O3/c31-22(17-33-25(32)19-11-15-30(16-12-19)26-27-13-6-14-28-26)23-20-9-4-5-10-21(20)29-24(23)18-7-2-1-3-8-18/h1-10,13-14,19,29H,11-12,15-17H2. The molecule has 7 heteroatoms. The minimum Gasteiger partial charge on any atom is -0.457 e. The first-order valence-electron chi connectivity index (χ1n) is 11.1. The summed E-state index contributed by atoms with van der Waals surface area (Å²) in [5.74, 6) is -0.0885. The van der Waals surface area contributed by atoms with Crippen LogP contribution in [0.1, 0.15) is 23.2 Å². The number of fused-ring (bicyclic) bond motifs is 1. The maximum absolute atomic E-state index is 13.2. The molecule has 1 N–H and O–H groups in total. The molecule has 4 aromatic rings. The Labute approximate surface area is 191 Å².